The lowest BCUT2D eigenvalue weighted by Gasteiger charge is -2.50. The first-order chi connectivity index (χ1) is 36.9. The molecular formula is C59H58O16Si. The van der Waals surface area contributed by atoms with Gasteiger partial charge >= 0.3 is 29.8 Å². The van der Waals surface area contributed by atoms with Gasteiger partial charge in [-0.05, 0) is 66.7 Å². The van der Waals surface area contributed by atoms with Crippen molar-refractivity contribution in [2.45, 2.75) is 93.4 Å². The predicted molar refractivity (Wildman–Crippen MR) is 276 cm³/mol. The van der Waals surface area contributed by atoms with Gasteiger partial charge in [0.25, 0.3) is 0 Å². The largest absolute Gasteiger partial charge is 0.459 e. The monoisotopic (exact) mass is 1050 g/mol. The Morgan fingerprint density at radius 1 is 0.461 bits per heavy atom. The van der Waals surface area contributed by atoms with E-state index in [1.807, 2.05) is 30.3 Å². The Labute approximate surface area is 441 Å². The zero-order chi connectivity index (χ0) is 53.0. The fraction of sp³-hybridized carbons (Fsp3) is 0.305. The average Bonchev–Trinajstić information content (AvgIpc) is 3.46. The Morgan fingerprint density at radius 2 is 0.868 bits per heavy atom. The Hall–Kier alpha value is -7.35. The third kappa shape index (κ3) is 13.5. The fourth-order valence-electron chi connectivity index (χ4n) is 8.78. The van der Waals surface area contributed by atoms with Crippen LogP contribution in [0.4, 0.5) is 0 Å². The van der Waals surface area contributed by atoms with Crippen molar-refractivity contribution in [3.8, 4) is 0 Å². The Balaban J connectivity index is 1.16. The highest BCUT2D eigenvalue weighted by molar-refractivity contribution is 6.76. The molecule has 0 aliphatic carbocycles. The van der Waals surface area contributed by atoms with Gasteiger partial charge in [-0.25, -0.2) is 24.0 Å². The van der Waals surface area contributed by atoms with Crippen LogP contribution in [0, 0.1) is 0 Å². The number of fused-ring (bicyclic) bond motifs is 1. The lowest BCUT2D eigenvalue weighted by molar-refractivity contribution is -0.383. The summed E-state index contributed by atoms with van der Waals surface area (Å²) in [5.41, 5.74) is 1.49. The van der Waals surface area contributed by atoms with Crippen molar-refractivity contribution in [3.63, 3.8) is 0 Å². The Morgan fingerprint density at radius 3 is 1.33 bits per heavy atom. The molecule has 0 spiro atoms. The molecule has 3 aliphatic heterocycles. The third-order valence-electron chi connectivity index (χ3n) is 12.8. The summed E-state index contributed by atoms with van der Waals surface area (Å²) in [4.78, 5) is 71.2. The molecule has 0 bridgehead atoms. The van der Waals surface area contributed by atoms with E-state index in [4.69, 9.17) is 52.1 Å². The Kier molecular flexibility index (Phi) is 17.6. The molecule has 0 N–H and O–H groups in total. The standard InChI is InChI=1S/C59H58O16Si/c1-76(2,3)35-34-65-58-50(72-55(63)41-28-16-7-17-29-41)48(70-53(61)39-24-12-5-13-25-39)47(44(68-58)36-66-52(60)38-22-10-4-11-23-38)75-59-51(73-56(64)42-30-18-8-19-31-42)49(71-54(62)40-26-14-6-15-27-40)46-45(69-59)37-67-57(74-46)43-32-20-9-21-33-43/h4-33,44-51,57-59H,34-37H2,1-3H3/t44-,45-,46+,47+,48+,49+,50-,51-,57+,58-,59-/m1/s1. The smallest absolute Gasteiger partial charge is 0.338 e. The molecule has 11 atom stereocenters. The number of hydrogen-bond donors (Lipinski definition) is 0. The molecule has 6 aromatic rings. The maximum atomic E-state index is 14.5. The highest BCUT2D eigenvalue weighted by atomic mass is 28.3. The summed E-state index contributed by atoms with van der Waals surface area (Å²) in [6.45, 7) is 5.95. The average molecular weight is 1050 g/mol. The minimum atomic E-state index is -1.77. The molecule has 0 amide bonds. The van der Waals surface area contributed by atoms with E-state index >= 15 is 0 Å². The molecule has 16 nitrogen and oxygen atoms in total. The van der Waals surface area contributed by atoms with Crippen molar-refractivity contribution in [2.75, 3.05) is 19.8 Å². The highest BCUT2D eigenvalue weighted by Gasteiger charge is 2.59. The summed E-state index contributed by atoms with van der Waals surface area (Å²) in [7, 11) is -1.77. The van der Waals surface area contributed by atoms with E-state index in [2.05, 4.69) is 19.6 Å². The molecule has 0 unspecified atom stereocenters. The second-order valence-corrected chi connectivity index (χ2v) is 25.1. The zero-order valence-corrected chi connectivity index (χ0v) is 43.0. The summed E-state index contributed by atoms with van der Waals surface area (Å²) in [6.07, 6.45) is -15.8. The van der Waals surface area contributed by atoms with Gasteiger partial charge in [0.2, 0.25) is 0 Å². The number of carbonyl (C=O) groups excluding carboxylic acids is 5. The van der Waals surface area contributed by atoms with Gasteiger partial charge in [-0.3, -0.25) is 0 Å². The number of esters is 5. The fourth-order valence-corrected chi connectivity index (χ4v) is 9.51. The molecule has 0 aromatic heterocycles. The normalized spacial score (nSPS) is 25.2. The molecule has 394 valence electrons. The molecule has 17 heteroatoms. The minimum Gasteiger partial charge on any atom is -0.459 e. The van der Waals surface area contributed by atoms with Gasteiger partial charge in [0.15, 0.2) is 43.3 Å². The van der Waals surface area contributed by atoms with Gasteiger partial charge in [-0.15, -0.1) is 0 Å². The van der Waals surface area contributed by atoms with Gasteiger partial charge in [0.05, 0.1) is 34.4 Å². The SMILES string of the molecule is C[Si](C)(C)CCO[C@@H]1O[C@H](COC(=O)c2ccccc2)[C@H](O[C@H]2O[C@@H]3CO[C@H](c4ccccc4)O[C@@H]3[C@H](OC(=O)c3ccccc3)[C@H]2OC(=O)c2ccccc2)[C@H](OC(=O)c2ccccc2)[C@H]1OC(=O)c1ccccc1. The van der Waals surface area contributed by atoms with E-state index < -0.39 is 112 Å². The van der Waals surface area contributed by atoms with E-state index in [1.165, 1.54) is 0 Å². The second-order valence-electron chi connectivity index (χ2n) is 19.5. The van der Waals surface area contributed by atoms with Crippen LogP contribution in [0.15, 0.2) is 182 Å². The van der Waals surface area contributed by atoms with Gasteiger partial charge < -0.3 is 52.1 Å². The quantitative estimate of drug-likeness (QED) is 0.0450. The molecular weight excluding hydrogens is 993 g/mol. The molecule has 0 saturated carbocycles. The molecule has 6 aromatic carbocycles. The van der Waals surface area contributed by atoms with Gasteiger partial charge in [0.1, 0.15) is 31.0 Å². The summed E-state index contributed by atoms with van der Waals surface area (Å²) >= 11 is 0. The molecule has 3 fully saturated rings. The summed E-state index contributed by atoms with van der Waals surface area (Å²) in [5, 5.41) is 0. The van der Waals surface area contributed by atoms with Crippen LogP contribution < -0.4 is 0 Å². The van der Waals surface area contributed by atoms with Crippen molar-refractivity contribution >= 4 is 37.9 Å². The van der Waals surface area contributed by atoms with Crippen molar-refractivity contribution in [1.82, 2.24) is 0 Å². The minimum absolute atomic E-state index is 0.132. The summed E-state index contributed by atoms with van der Waals surface area (Å²) in [6, 6.07) is 50.7. The maximum Gasteiger partial charge on any atom is 0.338 e. The van der Waals surface area contributed by atoms with Gasteiger partial charge in [-0.2, -0.15) is 0 Å². The third-order valence-corrected chi connectivity index (χ3v) is 14.5. The second kappa shape index (κ2) is 25.0. The van der Waals surface area contributed by atoms with Crippen molar-refractivity contribution in [1.29, 1.82) is 0 Å². The van der Waals surface area contributed by atoms with Crippen molar-refractivity contribution in [3.05, 3.63) is 215 Å². The number of rotatable bonds is 18. The van der Waals surface area contributed by atoms with Crippen molar-refractivity contribution < 1.29 is 76.1 Å². The molecule has 9 rings (SSSR count). The summed E-state index contributed by atoms with van der Waals surface area (Å²) in [5.74, 6) is -4.03. The van der Waals surface area contributed by atoms with E-state index in [1.54, 1.807) is 152 Å². The van der Waals surface area contributed by atoms with Crippen LogP contribution in [0.3, 0.4) is 0 Å². The lowest BCUT2D eigenvalue weighted by Crippen LogP contribution is -2.68. The van der Waals surface area contributed by atoms with Crippen LogP contribution in [0.25, 0.3) is 0 Å². The first-order valence-corrected chi connectivity index (χ1v) is 28.8. The van der Waals surface area contributed by atoms with Crippen LogP contribution in [-0.2, 0) is 52.1 Å². The number of carbonyl (C=O) groups is 5. The molecule has 3 saturated heterocycles. The van der Waals surface area contributed by atoms with Crippen LogP contribution in [0.5, 0.6) is 0 Å². The van der Waals surface area contributed by atoms with Crippen LogP contribution >= 0.6 is 0 Å². The molecule has 3 heterocycles. The van der Waals surface area contributed by atoms with Crippen molar-refractivity contribution in [2.24, 2.45) is 0 Å². The van der Waals surface area contributed by atoms with Crippen LogP contribution in [0.1, 0.15) is 63.6 Å². The van der Waals surface area contributed by atoms with Gasteiger partial charge in [-0.1, -0.05) is 141 Å². The predicted octanol–water partition coefficient (Wildman–Crippen LogP) is 9.05. The number of ether oxygens (including phenoxy) is 11. The first kappa shape index (κ1) is 53.5. The topological polar surface area (TPSA) is 187 Å². The zero-order valence-electron chi connectivity index (χ0n) is 42.0. The summed E-state index contributed by atoms with van der Waals surface area (Å²) < 4.78 is 71.4. The van der Waals surface area contributed by atoms with E-state index in [-0.39, 0.29) is 41.0 Å². The van der Waals surface area contributed by atoms with E-state index in [9.17, 15) is 24.0 Å². The van der Waals surface area contributed by atoms with E-state index in [0.29, 0.717) is 11.6 Å². The van der Waals surface area contributed by atoms with Gasteiger partial charge in [0, 0.05) is 20.2 Å². The first-order valence-electron chi connectivity index (χ1n) is 25.0. The number of hydrogen-bond acceptors (Lipinski definition) is 16. The van der Waals surface area contributed by atoms with Crippen LogP contribution in [0.2, 0.25) is 25.7 Å². The maximum absolute atomic E-state index is 14.5. The molecule has 0 radical (unpaired) electrons. The van der Waals surface area contributed by atoms with Crippen LogP contribution in [-0.4, -0.2) is 119 Å². The van der Waals surface area contributed by atoms with E-state index in [0.717, 1.165) is 0 Å². The molecule has 76 heavy (non-hydrogen) atoms. The Bertz CT molecular complexity index is 2860. The number of benzene rings is 6. The highest BCUT2D eigenvalue weighted by Crippen LogP contribution is 2.40. The molecule has 3 aliphatic rings. The lowest BCUT2D eigenvalue weighted by atomic mass is 9.95.